The smallest absolute Gasteiger partial charge is 0.193 e. The summed E-state index contributed by atoms with van der Waals surface area (Å²) >= 11 is 0. The monoisotopic (exact) mass is 381 g/mol. The van der Waals surface area contributed by atoms with Crippen molar-refractivity contribution in [3.63, 3.8) is 0 Å². The van der Waals surface area contributed by atoms with Crippen LogP contribution in [0, 0.1) is 11.8 Å². The van der Waals surface area contributed by atoms with Gasteiger partial charge in [-0.05, 0) is 25.7 Å². The number of nitrogens with one attached hydrogen (secondary N) is 1. The number of hydrogen-bond donors (Lipinski definition) is 1. The Bertz CT molecular complexity index is 282. The highest BCUT2D eigenvalue weighted by Crippen LogP contribution is 2.31. The number of ether oxygens (including phenoxy) is 1. The predicted octanol–water partition coefficient (Wildman–Crippen LogP) is 2.34. The fourth-order valence-electron chi connectivity index (χ4n) is 2.57. The molecular formula is C14H28IN3O. The minimum atomic E-state index is 0. The van der Waals surface area contributed by atoms with E-state index in [2.05, 4.69) is 22.1 Å². The Balaban J connectivity index is 0.00000180. The SMILES string of the molecule is CCOCC1CCN(C(=NC)NCCC2CC2)C1.I. The molecule has 0 amide bonds. The van der Waals surface area contributed by atoms with Crippen molar-refractivity contribution in [2.45, 2.75) is 32.6 Å². The van der Waals surface area contributed by atoms with Gasteiger partial charge in [-0.3, -0.25) is 4.99 Å². The van der Waals surface area contributed by atoms with Gasteiger partial charge < -0.3 is 15.0 Å². The highest BCUT2D eigenvalue weighted by atomic mass is 127. The summed E-state index contributed by atoms with van der Waals surface area (Å²) in [4.78, 5) is 6.76. The van der Waals surface area contributed by atoms with Crippen LogP contribution in [-0.2, 0) is 4.74 Å². The molecular weight excluding hydrogens is 353 g/mol. The minimum Gasteiger partial charge on any atom is -0.381 e. The number of likely N-dealkylation sites (tertiary alicyclic amines) is 1. The molecule has 4 nitrogen and oxygen atoms in total. The van der Waals surface area contributed by atoms with Crippen molar-refractivity contribution in [2.75, 3.05) is 39.9 Å². The first kappa shape index (κ1) is 17.0. The molecule has 0 aromatic rings. The molecule has 1 saturated heterocycles. The summed E-state index contributed by atoms with van der Waals surface area (Å²) in [5.74, 6) is 2.74. The maximum atomic E-state index is 5.51. The summed E-state index contributed by atoms with van der Waals surface area (Å²) in [5.41, 5.74) is 0. The summed E-state index contributed by atoms with van der Waals surface area (Å²) < 4.78 is 5.51. The molecule has 1 saturated carbocycles. The van der Waals surface area contributed by atoms with E-state index in [9.17, 15) is 0 Å². The van der Waals surface area contributed by atoms with E-state index in [1.165, 1.54) is 25.7 Å². The molecule has 2 rings (SSSR count). The van der Waals surface area contributed by atoms with Crippen molar-refractivity contribution in [3.05, 3.63) is 0 Å². The highest BCUT2D eigenvalue weighted by molar-refractivity contribution is 14.0. The molecule has 0 aromatic carbocycles. The zero-order valence-electron chi connectivity index (χ0n) is 12.2. The van der Waals surface area contributed by atoms with Crippen molar-refractivity contribution in [1.82, 2.24) is 10.2 Å². The average Bonchev–Trinajstić information content (AvgIpc) is 3.09. The van der Waals surface area contributed by atoms with Gasteiger partial charge in [-0.2, -0.15) is 0 Å². The minimum absolute atomic E-state index is 0. The topological polar surface area (TPSA) is 36.9 Å². The second kappa shape index (κ2) is 9.00. The van der Waals surface area contributed by atoms with Crippen LogP contribution in [0.1, 0.15) is 32.6 Å². The van der Waals surface area contributed by atoms with Gasteiger partial charge in [0.2, 0.25) is 0 Å². The lowest BCUT2D eigenvalue weighted by molar-refractivity contribution is 0.114. The fraction of sp³-hybridized carbons (Fsp3) is 0.929. The van der Waals surface area contributed by atoms with E-state index in [-0.39, 0.29) is 24.0 Å². The summed E-state index contributed by atoms with van der Waals surface area (Å²) in [6.07, 6.45) is 5.39. The van der Waals surface area contributed by atoms with E-state index in [0.29, 0.717) is 5.92 Å². The molecule has 112 valence electrons. The van der Waals surface area contributed by atoms with E-state index in [4.69, 9.17) is 4.74 Å². The van der Waals surface area contributed by atoms with Gasteiger partial charge in [-0.25, -0.2) is 0 Å². The number of rotatable bonds is 6. The van der Waals surface area contributed by atoms with E-state index in [1.54, 1.807) is 0 Å². The highest BCUT2D eigenvalue weighted by Gasteiger charge is 2.25. The predicted molar refractivity (Wildman–Crippen MR) is 90.3 cm³/mol. The van der Waals surface area contributed by atoms with Crippen LogP contribution in [0.3, 0.4) is 0 Å². The van der Waals surface area contributed by atoms with Gasteiger partial charge in [0.25, 0.3) is 0 Å². The summed E-state index contributed by atoms with van der Waals surface area (Å²) in [6, 6.07) is 0. The van der Waals surface area contributed by atoms with Crippen LogP contribution in [0.15, 0.2) is 4.99 Å². The molecule has 2 fully saturated rings. The molecule has 1 atom stereocenters. The maximum Gasteiger partial charge on any atom is 0.193 e. The third-order valence-corrected chi connectivity index (χ3v) is 3.89. The number of aliphatic imine (C=N–C) groups is 1. The second-order valence-corrected chi connectivity index (χ2v) is 5.47. The standard InChI is InChI=1S/C14H27N3O.HI/c1-3-18-11-13-7-9-17(10-13)14(15-2)16-8-6-12-4-5-12;/h12-13H,3-11H2,1-2H3,(H,15,16);1H. The number of halogens is 1. The third-order valence-electron chi connectivity index (χ3n) is 3.89. The molecule has 5 heteroatoms. The van der Waals surface area contributed by atoms with Gasteiger partial charge in [-0.1, -0.05) is 12.8 Å². The first-order chi connectivity index (χ1) is 8.83. The molecule has 1 unspecified atom stereocenters. The van der Waals surface area contributed by atoms with Gasteiger partial charge in [0.05, 0.1) is 6.61 Å². The Morgan fingerprint density at radius 2 is 2.11 bits per heavy atom. The van der Waals surface area contributed by atoms with Crippen LogP contribution in [0.2, 0.25) is 0 Å². The van der Waals surface area contributed by atoms with Crippen LogP contribution in [-0.4, -0.2) is 50.8 Å². The van der Waals surface area contributed by atoms with Crippen LogP contribution in [0.5, 0.6) is 0 Å². The average molecular weight is 381 g/mol. The number of guanidine groups is 1. The largest absolute Gasteiger partial charge is 0.381 e. The first-order valence-corrected chi connectivity index (χ1v) is 7.36. The molecule has 1 aliphatic heterocycles. The van der Waals surface area contributed by atoms with Crippen molar-refractivity contribution >= 4 is 29.9 Å². The molecule has 0 bridgehead atoms. The van der Waals surface area contributed by atoms with Crippen molar-refractivity contribution < 1.29 is 4.74 Å². The molecule has 19 heavy (non-hydrogen) atoms. The number of nitrogens with zero attached hydrogens (tertiary/aromatic N) is 2. The summed E-state index contributed by atoms with van der Waals surface area (Å²) in [6.45, 7) is 7.05. The zero-order valence-corrected chi connectivity index (χ0v) is 14.6. The fourth-order valence-corrected chi connectivity index (χ4v) is 2.57. The van der Waals surface area contributed by atoms with Gasteiger partial charge in [0.15, 0.2) is 5.96 Å². The number of hydrogen-bond acceptors (Lipinski definition) is 2. The van der Waals surface area contributed by atoms with Gasteiger partial charge in [-0.15, -0.1) is 24.0 Å². The molecule has 1 aliphatic carbocycles. The second-order valence-electron chi connectivity index (χ2n) is 5.47. The van der Waals surface area contributed by atoms with E-state index >= 15 is 0 Å². The molecule has 0 spiro atoms. The van der Waals surface area contributed by atoms with Crippen molar-refractivity contribution in [3.8, 4) is 0 Å². The van der Waals surface area contributed by atoms with Crippen LogP contribution < -0.4 is 5.32 Å². The Kier molecular flexibility index (Phi) is 8.06. The molecule has 2 aliphatic rings. The lowest BCUT2D eigenvalue weighted by Crippen LogP contribution is -2.40. The third kappa shape index (κ3) is 5.85. The van der Waals surface area contributed by atoms with Crippen LogP contribution in [0.4, 0.5) is 0 Å². The normalized spacial score (nSPS) is 23.4. The maximum absolute atomic E-state index is 5.51. The lowest BCUT2D eigenvalue weighted by atomic mass is 10.1. The molecule has 1 N–H and O–H groups in total. The Morgan fingerprint density at radius 3 is 2.74 bits per heavy atom. The lowest BCUT2D eigenvalue weighted by Gasteiger charge is -2.21. The Hall–Kier alpha value is -0.0400. The Morgan fingerprint density at radius 1 is 1.32 bits per heavy atom. The van der Waals surface area contributed by atoms with Crippen molar-refractivity contribution in [1.29, 1.82) is 0 Å². The molecule has 0 radical (unpaired) electrons. The zero-order chi connectivity index (χ0) is 12.8. The first-order valence-electron chi connectivity index (χ1n) is 7.36. The van der Waals surface area contributed by atoms with Crippen LogP contribution in [0.25, 0.3) is 0 Å². The summed E-state index contributed by atoms with van der Waals surface area (Å²) in [5, 5.41) is 3.49. The molecule has 1 heterocycles. The van der Waals surface area contributed by atoms with Gasteiger partial charge in [0.1, 0.15) is 0 Å². The molecule has 0 aromatic heterocycles. The van der Waals surface area contributed by atoms with E-state index in [1.807, 2.05) is 7.05 Å². The van der Waals surface area contributed by atoms with Crippen LogP contribution >= 0.6 is 24.0 Å². The Labute approximate surface area is 134 Å². The van der Waals surface area contributed by atoms with Crippen molar-refractivity contribution in [2.24, 2.45) is 16.8 Å². The van der Waals surface area contributed by atoms with E-state index < -0.39 is 0 Å². The van der Waals surface area contributed by atoms with E-state index in [0.717, 1.165) is 44.7 Å². The van der Waals surface area contributed by atoms with Gasteiger partial charge >= 0.3 is 0 Å². The quantitative estimate of drug-likeness (QED) is 0.436. The summed E-state index contributed by atoms with van der Waals surface area (Å²) in [7, 11) is 1.88. The van der Waals surface area contributed by atoms with Gasteiger partial charge in [0, 0.05) is 39.2 Å².